The summed E-state index contributed by atoms with van der Waals surface area (Å²) in [4.78, 5) is 18.1. The number of nitrogens with one attached hydrogen (secondary N) is 1. The number of amides is 1. The lowest BCUT2D eigenvalue weighted by atomic mass is 10.1. The van der Waals surface area contributed by atoms with Gasteiger partial charge in [-0.1, -0.05) is 30.7 Å². The molecule has 164 valence electrons. The van der Waals surface area contributed by atoms with Gasteiger partial charge in [-0.3, -0.25) is 4.79 Å². The standard InChI is InChI=1S/C25H25ClN4O2/c1-6-17-7-9-18(10-8-17)30-24-23(16(4)29-30)19(12-15(3)27-24)25(31)28-21-11-14(2)20(26)13-22(21)32-5/h7-13H,6H2,1-5H3,(H,28,31). The zero-order chi connectivity index (χ0) is 23.0. The number of aromatic nitrogens is 3. The molecule has 7 heteroatoms. The molecule has 0 aliphatic carbocycles. The Hall–Kier alpha value is -3.38. The molecule has 32 heavy (non-hydrogen) atoms. The van der Waals surface area contributed by atoms with Crippen LogP contribution in [0.15, 0.2) is 42.5 Å². The van der Waals surface area contributed by atoms with Gasteiger partial charge >= 0.3 is 0 Å². The first-order valence-electron chi connectivity index (χ1n) is 10.4. The Morgan fingerprint density at radius 1 is 1.12 bits per heavy atom. The molecule has 2 heterocycles. The minimum Gasteiger partial charge on any atom is -0.495 e. The van der Waals surface area contributed by atoms with Crippen molar-refractivity contribution in [2.24, 2.45) is 0 Å². The molecular weight excluding hydrogens is 424 g/mol. The summed E-state index contributed by atoms with van der Waals surface area (Å²) in [5.74, 6) is 0.240. The van der Waals surface area contributed by atoms with E-state index >= 15 is 0 Å². The molecular formula is C25H25ClN4O2. The summed E-state index contributed by atoms with van der Waals surface area (Å²) >= 11 is 6.21. The molecule has 0 unspecified atom stereocenters. The monoisotopic (exact) mass is 448 g/mol. The van der Waals surface area contributed by atoms with Gasteiger partial charge in [-0.15, -0.1) is 0 Å². The summed E-state index contributed by atoms with van der Waals surface area (Å²) in [7, 11) is 1.55. The van der Waals surface area contributed by atoms with Gasteiger partial charge in [0.1, 0.15) is 5.75 Å². The van der Waals surface area contributed by atoms with E-state index in [1.54, 1.807) is 30.0 Å². The van der Waals surface area contributed by atoms with Crippen LogP contribution in [0.25, 0.3) is 16.7 Å². The number of halogens is 1. The van der Waals surface area contributed by atoms with E-state index in [2.05, 4.69) is 24.4 Å². The van der Waals surface area contributed by atoms with Gasteiger partial charge in [0.2, 0.25) is 0 Å². The number of benzene rings is 2. The van der Waals surface area contributed by atoms with Gasteiger partial charge < -0.3 is 10.1 Å². The van der Waals surface area contributed by atoms with Crippen molar-refractivity contribution in [1.82, 2.24) is 14.8 Å². The number of rotatable bonds is 5. The van der Waals surface area contributed by atoms with Crippen LogP contribution in [-0.4, -0.2) is 27.8 Å². The van der Waals surface area contributed by atoms with Crippen LogP contribution < -0.4 is 10.1 Å². The molecule has 0 aliphatic heterocycles. The van der Waals surface area contributed by atoms with Crippen LogP contribution in [0.4, 0.5) is 5.69 Å². The second kappa shape index (κ2) is 8.63. The van der Waals surface area contributed by atoms with E-state index in [-0.39, 0.29) is 5.91 Å². The Kier molecular flexibility index (Phi) is 5.89. The maximum atomic E-state index is 13.4. The molecule has 0 atom stereocenters. The van der Waals surface area contributed by atoms with Gasteiger partial charge in [-0.05, 0) is 62.6 Å². The number of anilines is 1. The van der Waals surface area contributed by atoms with Crippen molar-refractivity contribution in [1.29, 1.82) is 0 Å². The zero-order valence-electron chi connectivity index (χ0n) is 18.8. The van der Waals surface area contributed by atoms with Gasteiger partial charge in [0.05, 0.1) is 35.1 Å². The first-order valence-corrected chi connectivity index (χ1v) is 10.8. The quantitative estimate of drug-likeness (QED) is 0.417. The van der Waals surface area contributed by atoms with Crippen LogP contribution in [-0.2, 0) is 6.42 Å². The summed E-state index contributed by atoms with van der Waals surface area (Å²) in [6.45, 7) is 7.76. The highest BCUT2D eigenvalue weighted by molar-refractivity contribution is 6.31. The molecule has 2 aromatic heterocycles. The van der Waals surface area contributed by atoms with Crippen LogP contribution in [0.5, 0.6) is 5.75 Å². The van der Waals surface area contributed by atoms with Crippen LogP contribution in [0.2, 0.25) is 5.02 Å². The van der Waals surface area contributed by atoms with Crippen molar-refractivity contribution < 1.29 is 9.53 Å². The van der Waals surface area contributed by atoms with Gasteiger partial charge in [0, 0.05) is 16.8 Å². The number of pyridine rings is 1. The van der Waals surface area contributed by atoms with Gasteiger partial charge in [-0.25, -0.2) is 9.67 Å². The topological polar surface area (TPSA) is 69.0 Å². The highest BCUT2D eigenvalue weighted by atomic mass is 35.5. The first kappa shape index (κ1) is 21.8. The molecule has 0 bridgehead atoms. The molecule has 1 amide bonds. The number of carbonyl (C=O) groups is 1. The normalized spacial score (nSPS) is 11.1. The van der Waals surface area contributed by atoms with Crippen LogP contribution >= 0.6 is 11.6 Å². The third kappa shape index (κ3) is 3.94. The fourth-order valence-corrected chi connectivity index (χ4v) is 3.92. The highest BCUT2D eigenvalue weighted by Crippen LogP contribution is 2.32. The van der Waals surface area contributed by atoms with E-state index in [1.807, 2.05) is 32.9 Å². The van der Waals surface area contributed by atoms with Crippen LogP contribution in [0.1, 0.15) is 39.8 Å². The van der Waals surface area contributed by atoms with Crippen molar-refractivity contribution in [2.45, 2.75) is 34.1 Å². The van der Waals surface area contributed by atoms with E-state index in [0.717, 1.165) is 34.4 Å². The molecule has 2 aromatic carbocycles. The van der Waals surface area contributed by atoms with E-state index in [1.165, 1.54) is 5.56 Å². The zero-order valence-corrected chi connectivity index (χ0v) is 19.5. The maximum absolute atomic E-state index is 13.4. The largest absolute Gasteiger partial charge is 0.495 e. The van der Waals surface area contributed by atoms with Crippen molar-refractivity contribution in [2.75, 3.05) is 12.4 Å². The number of ether oxygens (including phenoxy) is 1. The van der Waals surface area contributed by atoms with Crippen LogP contribution in [0.3, 0.4) is 0 Å². The summed E-state index contributed by atoms with van der Waals surface area (Å²) in [5.41, 5.74) is 6.18. The average Bonchev–Trinajstić information content (AvgIpc) is 3.11. The Morgan fingerprint density at radius 2 is 1.84 bits per heavy atom. The Bertz CT molecular complexity index is 1330. The minimum atomic E-state index is -0.260. The van der Waals surface area contributed by atoms with Gasteiger partial charge in [-0.2, -0.15) is 5.10 Å². The maximum Gasteiger partial charge on any atom is 0.256 e. The molecule has 0 radical (unpaired) electrons. The molecule has 0 saturated heterocycles. The summed E-state index contributed by atoms with van der Waals surface area (Å²) in [6, 6.07) is 13.5. The van der Waals surface area contributed by atoms with E-state index in [0.29, 0.717) is 27.7 Å². The molecule has 0 saturated carbocycles. The molecule has 4 aromatic rings. The van der Waals surface area contributed by atoms with Crippen molar-refractivity contribution >= 4 is 34.2 Å². The lowest BCUT2D eigenvalue weighted by Gasteiger charge is -2.13. The minimum absolute atomic E-state index is 0.260. The summed E-state index contributed by atoms with van der Waals surface area (Å²) in [5, 5.41) is 8.96. The number of hydrogen-bond donors (Lipinski definition) is 1. The van der Waals surface area contributed by atoms with Crippen LogP contribution in [0, 0.1) is 20.8 Å². The third-order valence-corrected chi connectivity index (χ3v) is 5.91. The van der Waals surface area contributed by atoms with Crippen molar-refractivity contribution in [3.8, 4) is 11.4 Å². The van der Waals surface area contributed by atoms with Gasteiger partial charge in [0.15, 0.2) is 5.65 Å². The van der Waals surface area contributed by atoms with E-state index in [4.69, 9.17) is 26.4 Å². The lowest BCUT2D eigenvalue weighted by Crippen LogP contribution is -2.14. The fourth-order valence-electron chi connectivity index (χ4n) is 3.77. The van der Waals surface area contributed by atoms with E-state index < -0.39 is 0 Å². The number of carbonyl (C=O) groups excluding carboxylic acids is 1. The Balaban J connectivity index is 1.81. The second-order valence-corrected chi connectivity index (χ2v) is 8.19. The lowest BCUT2D eigenvalue weighted by molar-refractivity contribution is 0.102. The SMILES string of the molecule is CCc1ccc(-n2nc(C)c3c(C(=O)Nc4cc(C)c(Cl)cc4OC)cc(C)nc32)cc1. The molecule has 4 rings (SSSR count). The number of hydrogen-bond acceptors (Lipinski definition) is 4. The third-order valence-electron chi connectivity index (χ3n) is 5.50. The van der Waals surface area contributed by atoms with E-state index in [9.17, 15) is 4.79 Å². The van der Waals surface area contributed by atoms with Gasteiger partial charge in [0.25, 0.3) is 5.91 Å². The number of aryl methyl sites for hydroxylation is 4. The Morgan fingerprint density at radius 3 is 2.50 bits per heavy atom. The second-order valence-electron chi connectivity index (χ2n) is 7.78. The smallest absolute Gasteiger partial charge is 0.256 e. The predicted octanol–water partition coefficient (Wildman–Crippen LogP) is 5.82. The molecule has 1 N–H and O–H groups in total. The molecule has 0 fully saturated rings. The molecule has 0 spiro atoms. The molecule has 6 nitrogen and oxygen atoms in total. The van der Waals surface area contributed by atoms with Crippen molar-refractivity contribution in [3.63, 3.8) is 0 Å². The summed E-state index contributed by atoms with van der Waals surface area (Å²) < 4.78 is 7.20. The highest BCUT2D eigenvalue weighted by Gasteiger charge is 2.21. The molecule has 0 aliphatic rings. The number of nitrogens with zero attached hydrogens (tertiary/aromatic N) is 3. The first-order chi connectivity index (χ1) is 15.3. The fraction of sp³-hybridized carbons (Fsp3) is 0.240. The Labute approximate surface area is 192 Å². The predicted molar refractivity (Wildman–Crippen MR) is 128 cm³/mol. The number of methoxy groups -OCH3 is 1. The summed E-state index contributed by atoms with van der Waals surface area (Å²) in [6.07, 6.45) is 0.967. The van der Waals surface area contributed by atoms with Crippen molar-refractivity contribution in [3.05, 3.63) is 75.6 Å². The average molecular weight is 449 g/mol. The number of fused-ring (bicyclic) bond motifs is 1.